The van der Waals surface area contributed by atoms with Crippen LogP contribution in [0.1, 0.15) is 39.7 Å². The summed E-state index contributed by atoms with van der Waals surface area (Å²) in [5, 5.41) is 8.99. The van der Waals surface area contributed by atoms with Crippen molar-refractivity contribution in [2.45, 2.75) is 45.1 Å². The fourth-order valence-electron chi connectivity index (χ4n) is 1.83. The lowest BCUT2D eigenvalue weighted by Crippen LogP contribution is -2.45. The number of rotatable bonds is 6. The van der Waals surface area contributed by atoms with Crippen LogP contribution in [0, 0.1) is 0 Å². The number of benzene rings is 1. The van der Waals surface area contributed by atoms with Gasteiger partial charge in [0.05, 0.1) is 13.7 Å². The molecule has 3 N–H and O–H groups in total. The fraction of sp³-hybridized carbons (Fsp3) is 0.562. The van der Waals surface area contributed by atoms with E-state index < -0.39 is 11.5 Å². The molecule has 5 heteroatoms. The number of nitrogens with two attached hydrogens (primary N) is 1. The van der Waals surface area contributed by atoms with Crippen molar-refractivity contribution < 1.29 is 19.4 Å². The Morgan fingerprint density at radius 1 is 1.29 bits per heavy atom. The van der Waals surface area contributed by atoms with Gasteiger partial charge in [-0.05, 0) is 30.5 Å². The highest BCUT2D eigenvalue weighted by molar-refractivity contribution is 5.77. The molecule has 0 aliphatic heterocycles. The van der Waals surface area contributed by atoms with Crippen LogP contribution in [0.2, 0.25) is 0 Å². The lowest BCUT2D eigenvalue weighted by molar-refractivity contribution is -0.143. The zero-order chi connectivity index (χ0) is 16.3. The number of aliphatic carboxylic acids is 1. The van der Waals surface area contributed by atoms with Crippen molar-refractivity contribution in [3.05, 3.63) is 23.8 Å². The molecule has 0 saturated carbocycles. The molecule has 1 atom stereocenters. The molecule has 1 aromatic rings. The summed E-state index contributed by atoms with van der Waals surface area (Å²) < 4.78 is 11.0. The van der Waals surface area contributed by atoms with Crippen LogP contribution >= 0.6 is 0 Å². The van der Waals surface area contributed by atoms with Gasteiger partial charge in [0.1, 0.15) is 17.0 Å². The van der Waals surface area contributed by atoms with E-state index in [1.54, 1.807) is 7.11 Å². The monoisotopic (exact) mass is 295 g/mol. The number of hydrogen-bond acceptors (Lipinski definition) is 4. The molecule has 0 spiro atoms. The average molecular weight is 295 g/mol. The summed E-state index contributed by atoms with van der Waals surface area (Å²) in [6.07, 6.45) is 0.234. The molecule has 21 heavy (non-hydrogen) atoms. The topological polar surface area (TPSA) is 81.8 Å². The van der Waals surface area contributed by atoms with Gasteiger partial charge in [0.15, 0.2) is 0 Å². The van der Waals surface area contributed by atoms with Crippen LogP contribution in [0.5, 0.6) is 11.5 Å². The Balaban J connectivity index is 2.87. The Morgan fingerprint density at radius 3 is 2.38 bits per heavy atom. The molecule has 1 rings (SSSR count). The van der Waals surface area contributed by atoms with Crippen molar-refractivity contribution in [2.75, 3.05) is 13.7 Å². The van der Waals surface area contributed by atoms with Crippen molar-refractivity contribution >= 4 is 5.97 Å². The molecule has 0 aliphatic carbocycles. The summed E-state index contributed by atoms with van der Waals surface area (Å²) >= 11 is 0. The Kier molecular flexibility index (Phi) is 5.23. The summed E-state index contributed by atoms with van der Waals surface area (Å²) in [4.78, 5) is 11.0. The van der Waals surface area contributed by atoms with E-state index in [9.17, 15) is 4.79 Å². The number of carboxylic acids is 1. The number of ether oxygens (including phenoxy) is 2. The molecule has 0 fully saturated rings. The first-order chi connectivity index (χ1) is 9.58. The minimum Gasteiger partial charge on any atom is -0.497 e. The standard InChI is InChI=1S/C16H25NO4/c1-15(2,3)12-10-11(20-5)6-7-13(12)21-9-8-16(4,17)14(18)19/h6-7,10H,8-9,17H2,1-5H3,(H,18,19). The largest absolute Gasteiger partial charge is 0.497 e. The number of carboxylic acid groups (broad SMARTS) is 1. The molecule has 5 nitrogen and oxygen atoms in total. The minimum absolute atomic E-state index is 0.108. The van der Waals surface area contributed by atoms with Gasteiger partial charge in [0.25, 0.3) is 0 Å². The van der Waals surface area contributed by atoms with Gasteiger partial charge in [0.2, 0.25) is 0 Å². The van der Waals surface area contributed by atoms with Crippen molar-refractivity contribution in [3.63, 3.8) is 0 Å². The molecule has 0 heterocycles. The summed E-state index contributed by atoms with van der Waals surface area (Å²) in [5.74, 6) is 0.461. The van der Waals surface area contributed by atoms with E-state index in [4.69, 9.17) is 20.3 Å². The van der Waals surface area contributed by atoms with Gasteiger partial charge < -0.3 is 20.3 Å². The molecule has 0 saturated heterocycles. The SMILES string of the molecule is COc1ccc(OCCC(C)(N)C(=O)O)c(C(C)(C)C)c1. The third kappa shape index (κ3) is 4.63. The van der Waals surface area contributed by atoms with Crippen molar-refractivity contribution in [2.24, 2.45) is 5.73 Å². The normalized spacial score (nSPS) is 14.4. The summed E-state index contributed by atoms with van der Waals surface area (Å²) in [6.45, 7) is 7.98. The first kappa shape index (κ1) is 17.3. The van der Waals surface area contributed by atoms with Gasteiger partial charge in [-0.2, -0.15) is 0 Å². The molecular formula is C16H25NO4. The zero-order valence-electron chi connectivity index (χ0n) is 13.4. The van der Waals surface area contributed by atoms with Gasteiger partial charge in [-0.3, -0.25) is 4.79 Å². The lowest BCUT2D eigenvalue weighted by Gasteiger charge is -2.25. The van der Waals surface area contributed by atoms with Gasteiger partial charge in [0, 0.05) is 12.0 Å². The van der Waals surface area contributed by atoms with E-state index in [0.717, 1.165) is 17.1 Å². The third-order valence-corrected chi connectivity index (χ3v) is 3.36. The predicted octanol–water partition coefficient (Wildman–Crippen LogP) is 2.56. The highest BCUT2D eigenvalue weighted by Gasteiger charge is 2.28. The Bertz CT molecular complexity index is 503. The van der Waals surface area contributed by atoms with E-state index in [0.29, 0.717) is 0 Å². The maximum atomic E-state index is 11.0. The number of carbonyl (C=O) groups is 1. The van der Waals surface area contributed by atoms with Crippen molar-refractivity contribution in [1.82, 2.24) is 0 Å². The summed E-state index contributed by atoms with van der Waals surface area (Å²) in [5.41, 5.74) is 5.31. The Labute approximate surface area is 126 Å². The van der Waals surface area contributed by atoms with Crippen LogP contribution in [0.4, 0.5) is 0 Å². The van der Waals surface area contributed by atoms with Crippen LogP contribution in [0.3, 0.4) is 0 Å². The van der Waals surface area contributed by atoms with Crippen LogP contribution in [0.25, 0.3) is 0 Å². The van der Waals surface area contributed by atoms with E-state index in [1.807, 2.05) is 18.2 Å². The minimum atomic E-state index is -1.28. The van der Waals surface area contributed by atoms with Crippen LogP contribution in [-0.2, 0) is 10.2 Å². The molecule has 1 unspecified atom stereocenters. The molecule has 1 aromatic carbocycles. The van der Waals surface area contributed by atoms with E-state index in [1.165, 1.54) is 6.92 Å². The molecule has 0 aromatic heterocycles. The maximum absolute atomic E-state index is 11.0. The molecule has 0 aliphatic rings. The predicted molar refractivity (Wildman–Crippen MR) is 82.0 cm³/mol. The summed E-state index contributed by atoms with van der Waals surface area (Å²) in [6, 6.07) is 5.60. The van der Waals surface area contributed by atoms with Crippen molar-refractivity contribution in [3.8, 4) is 11.5 Å². The zero-order valence-corrected chi connectivity index (χ0v) is 13.4. The number of hydrogen-bond donors (Lipinski definition) is 2. The van der Waals surface area contributed by atoms with Gasteiger partial charge in [-0.15, -0.1) is 0 Å². The first-order valence-electron chi connectivity index (χ1n) is 6.91. The second-order valence-electron chi connectivity index (χ2n) is 6.43. The second kappa shape index (κ2) is 6.35. The van der Waals surface area contributed by atoms with Gasteiger partial charge in [-0.1, -0.05) is 20.8 Å². The molecular weight excluding hydrogens is 270 g/mol. The number of methoxy groups -OCH3 is 1. The van der Waals surface area contributed by atoms with E-state index in [-0.39, 0.29) is 18.4 Å². The third-order valence-electron chi connectivity index (χ3n) is 3.36. The Hall–Kier alpha value is -1.75. The van der Waals surface area contributed by atoms with Crippen molar-refractivity contribution in [1.29, 1.82) is 0 Å². The van der Waals surface area contributed by atoms with E-state index in [2.05, 4.69) is 20.8 Å². The van der Waals surface area contributed by atoms with Crippen LogP contribution < -0.4 is 15.2 Å². The lowest BCUT2D eigenvalue weighted by atomic mass is 9.86. The maximum Gasteiger partial charge on any atom is 0.323 e. The average Bonchev–Trinajstić information content (AvgIpc) is 2.37. The molecule has 118 valence electrons. The first-order valence-corrected chi connectivity index (χ1v) is 6.91. The smallest absolute Gasteiger partial charge is 0.323 e. The Morgan fingerprint density at radius 2 is 1.90 bits per heavy atom. The van der Waals surface area contributed by atoms with Gasteiger partial charge >= 0.3 is 5.97 Å². The molecule has 0 bridgehead atoms. The highest BCUT2D eigenvalue weighted by atomic mass is 16.5. The molecule has 0 amide bonds. The second-order valence-corrected chi connectivity index (χ2v) is 6.43. The highest BCUT2D eigenvalue weighted by Crippen LogP contribution is 2.34. The fourth-order valence-corrected chi connectivity index (χ4v) is 1.83. The van der Waals surface area contributed by atoms with Crippen LogP contribution in [0.15, 0.2) is 18.2 Å². The van der Waals surface area contributed by atoms with Crippen LogP contribution in [-0.4, -0.2) is 30.3 Å². The quantitative estimate of drug-likeness (QED) is 0.843. The van der Waals surface area contributed by atoms with Gasteiger partial charge in [-0.25, -0.2) is 0 Å². The van der Waals surface area contributed by atoms with E-state index >= 15 is 0 Å². The summed E-state index contributed by atoms with van der Waals surface area (Å²) in [7, 11) is 1.62. The molecule has 0 radical (unpaired) electrons.